The van der Waals surface area contributed by atoms with Gasteiger partial charge in [0.05, 0.1) is 32.2 Å². The molecule has 1 aromatic rings. The van der Waals surface area contributed by atoms with Gasteiger partial charge in [-0.05, 0) is 24.6 Å². The smallest absolute Gasteiger partial charge is 0.227 e. The van der Waals surface area contributed by atoms with Gasteiger partial charge in [0, 0.05) is 0 Å². The molecule has 1 fully saturated rings. The number of amides is 1. The Morgan fingerprint density at radius 1 is 1.53 bits per heavy atom. The summed E-state index contributed by atoms with van der Waals surface area (Å²) in [5, 5.41) is 9.57. The van der Waals surface area contributed by atoms with E-state index in [0.29, 0.717) is 19.5 Å². The second-order valence-electron chi connectivity index (χ2n) is 4.78. The van der Waals surface area contributed by atoms with Gasteiger partial charge in [-0.2, -0.15) is 0 Å². The number of hydrogen-bond acceptors (Lipinski definition) is 3. The molecule has 1 heterocycles. The third-order valence-electron chi connectivity index (χ3n) is 2.91. The number of benzene rings is 1. The molecular weight excluding hydrogens is 218 g/mol. The first-order valence-electron chi connectivity index (χ1n) is 5.63. The van der Waals surface area contributed by atoms with Gasteiger partial charge in [0.1, 0.15) is 5.75 Å². The zero-order chi connectivity index (χ0) is 12.5. The summed E-state index contributed by atoms with van der Waals surface area (Å²) >= 11 is 0. The van der Waals surface area contributed by atoms with Crippen molar-refractivity contribution in [1.29, 1.82) is 0 Å². The second-order valence-corrected chi connectivity index (χ2v) is 4.78. The maximum atomic E-state index is 11.9. The monoisotopic (exact) mass is 235 g/mol. The zero-order valence-corrected chi connectivity index (χ0v) is 10.1. The molecule has 4 nitrogen and oxygen atoms in total. The van der Waals surface area contributed by atoms with Crippen LogP contribution in [0.25, 0.3) is 0 Å². The van der Waals surface area contributed by atoms with Crippen molar-refractivity contribution in [3.63, 3.8) is 0 Å². The Morgan fingerprint density at radius 2 is 2.24 bits per heavy atom. The number of carbonyl (C=O) groups is 1. The van der Waals surface area contributed by atoms with Crippen LogP contribution in [0.5, 0.6) is 5.75 Å². The van der Waals surface area contributed by atoms with Gasteiger partial charge in [-0.1, -0.05) is 12.1 Å². The molecule has 0 unspecified atom stereocenters. The van der Waals surface area contributed by atoms with Crippen molar-refractivity contribution in [3.8, 4) is 5.75 Å². The summed E-state index contributed by atoms with van der Waals surface area (Å²) in [5.41, 5.74) is 0.227. The number of rotatable bonds is 3. The molecule has 0 spiro atoms. The summed E-state index contributed by atoms with van der Waals surface area (Å²) in [5.74, 6) is 0.802. The van der Waals surface area contributed by atoms with Gasteiger partial charge in [-0.15, -0.1) is 0 Å². The van der Waals surface area contributed by atoms with E-state index in [1.54, 1.807) is 18.9 Å². The van der Waals surface area contributed by atoms with Crippen LogP contribution in [-0.4, -0.2) is 41.7 Å². The molecule has 1 N–H and O–H groups in total. The molecule has 1 aliphatic heterocycles. The molecule has 92 valence electrons. The molecule has 0 bridgehead atoms. The van der Waals surface area contributed by atoms with Gasteiger partial charge >= 0.3 is 0 Å². The lowest BCUT2D eigenvalue weighted by atomic mass is 9.96. The predicted molar refractivity (Wildman–Crippen MR) is 63.9 cm³/mol. The molecule has 0 aliphatic carbocycles. The normalized spacial score (nSPS) is 17.5. The fourth-order valence-corrected chi connectivity index (χ4v) is 2.02. The lowest BCUT2D eigenvalue weighted by molar-refractivity contribution is -0.151. The SMILES string of the molecule is COc1cccc(CC(=O)N2CC(C)(O)C2)c1. The van der Waals surface area contributed by atoms with Crippen LogP contribution in [-0.2, 0) is 11.2 Å². The number of aliphatic hydroxyl groups is 1. The van der Waals surface area contributed by atoms with Crippen LogP contribution < -0.4 is 4.74 Å². The topological polar surface area (TPSA) is 49.8 Å². The van der Waals surface area contributed by atoms with Crippen LogP contribution in [0.2, 0.25) is 0 Å². The number of likely N-dealkylation sites (tertiary alicyclic amines) is 1. The quantitative estimate of drug-likeness (QED) is 0.844. The van der Waals surface area contributed by atoms with E-state index in [0.717, 1.165) is 11.3 Å². The minimum Gasteiger partial charge on any atom is -0.497 e. The summed E-state index contributed by atoms with van der Waals surface area (Å²) in [6.07, 6.45) is 0.354. The highest BCUT2D eigenvalue weighted by atomic mass is 16.5. The van der Waals surface area contributed by atoms with Crippen molar-refractivity contribution in [2.45, 2.75) is 18.9 Å². The highest BCUT2D eigenvalue weighted by Gasteiger charge is 2.38. The molecule has 0 saturated carbocycles. The summed E-state index contributed by atoms with van der Waals surface area (Å²) in [6, 6.07) is 7.48. The molecule has 1 saturated heterocycles. The van der Waals surface area contributed by atoms with Gasteiger partial charge in [0.15, 0.2) is 0 Å². The fraction of sp³-hybridized carbons (Fsp3) is 0.462. The number of hydrogen-bond donors (Lipinski definition) is 1. The van der Waals surface area contributed by atoms with Crippen LogP contribution in [0, 0.1) is 0 Å². The highest BCUT2D eigenvalue weighted by Crippen LogP contribution is 2.21. The number of ether oxygens (including phenoxy) is 1. The summed E-state index contributed by atoms with van der Waals surface area (Å²) in [7, 11) is 1.60. The average molecular weight is 235 g/mol. The largest absolute Gasteiger partial charge is 0.497 e. The Kier molecular flexibility index (Phi) is 3.07. The van der Waals surface area contributed by atoms with Crippen molar-refractivity contribution in [3.05, 3.63) is 29.8 Å². The van der Waals surface area contributed by atoms with Crippen LogP contribution >= 0.6 is 0 Å². The van der Waals surface area contributed by atoms with Gasteiger partial charge in [0.25, 0.3) is 0 Å². The summed E-state index contributed by atoms with van der Waals surface area (Å²) < 4.78 is 5.11. The Labute approximate surface area is 101 Å². The third kappa shape index (κ3) is 2.77. The Bertz CT molecular complexity index is 420. The van der Waals surface area contributed by atoms with E-state index in [1.165, 1.54) is 0 Å². The molecule has 1 aromatic carbocycles. The van der Waals surface area contributed by atoms with E-state index in [1.807, 2.05) is 24.3 Å². The molecule has 0 atom stereocenters. The molecule has 1 amide bonds. The van der Waals surface area contributed by atoms with E-state index in [9.17, 15) is 9.90 Å². The highest BCUT2D eigenvalue weighted by molar-refractivity contribution is 5.80. The first-order valence-corrected chi connectivity index (χ1v) is 5.63. The minimum absolute atomic E-state index is 0.0461. The first kappa shape index (κ1) is 11.9. The van der Waals surface area contributed by atoms with Crippen LogP contribution in [0.1, 0.15) is 12.5 Å². The predicted octanol–water partition coefficient (Wildman–Crippen LogP) is 0.831. The molecular formula is C13H17NO3. The van der Waals surface area contributed by atoms with Crippen LogP contribution in [0.15, 0.2) is 24.3 Å². The minimum atomic E-state index is -0.704. The van der Waals surface area contributed by atoms with Crippen molar-refractivity contribution in [1.82, 2.24) is 4.90 Å². The van der Waals surface area contributed by atoms with Crippen molar-refractivity contribution >= 4 is 5.91 Å². The van der Waals surface area contributed by atoms with Gasteiger partial charge in [-0.25, -0.2) is 0 Å². The van der Waals surface area contributed by atoms with Crippen LogP contribution in [0.3, 0.4) is 0 Å². The molecule has 1 aliphatic rings. The molecule has 2 rings (SSSR count). The zero-order valence-electron chi connectivity index (χ0n) is 10.1. The number of nitrogens with zero attached hydrogens (tertiary/aromatic N) is 1. The van der Waals surface area contributed by atoms with E-state index < -0.39 is 5.60 Å². The molecule has 17 heavy (non-hydrogen) atoms. The van der Waals surface area contributed by atoms with E-state index in [-0.39, 0.29) is 5.91 Å². The average Bonchev–Trinajstić information content (AvgIpc) is 2.26. The Morgan fingerprint density at radius 3 is 2.82 bits per heavy atom. The number of carbonyl (C=O) groups excluding carboxylic acids is 1. The fourth-order valence-electron chi connectivity index (χ4n) is 2.02. The second kappa shape index (κ2) is 4.37. The first-order chi connectivity index (χ1) is 8.00. The maximum Gasteiger partial charge on any atom is 0.227 e. The Hall–Kier alpha value is -1.55. The number of β-amino-alcohol motifs (C(OH)–C–C–N with tert-alkyl or cyclic N) is 1. The van der Waals surface area contributed by atoms with Gasteiger partial charge < -0.3 is 14.7 Å². The van der Waals surface area contributed by atoms with E-state index in [2.05, 4.69) is 0 Å². The third-order valence-corrected chi connectivity index (χ3v) is 2.91. The number of methoxy groups -OCH3 is 1. The lowest BCUT2D eigenvalue weighted by Crippen LogP contribution is -2.62. The Balaban J connectivity index is 1.94. The summed E-state index contributed by atoms with van der Waals surface area (Å²) in [6.45, 7) is 2.59. The molecule has 0 aromatic heterocycles. The molecule has 4 heteroatoms. The van der Waals surface area contributed by atoms with E-state index >= 15 is 0 Å². The lowest BCUT2D eigenvalue weighted by Gasteiger charge is -2.44. The standard InChI is InChI=1S/C13H17NO3/c1-13(16)8-14(9-13)12(15)7-10-4-3-5-11(6-10)17-2/h3-6,16H,7-9H2,1-2H3. The molecule has 0 radical (unpaired) electrons. The van der Waals surface area contributed by atoms with Crippen molar-refractivity contribution in [2.24, 2.45) is 0 Å². The van der Waals surface area contributed by atoms with Gasteiger partial charge in [0.2, 0.25) is 5.91 Å². The van der Waals surface area contributed by atoms with Crippen LogP contribution in [0.4, 0.5) is 0 Å². The van der Waals surface area contributed by atoms with Crippen molar-refractivity contribution in [2.75, 3.05) is 20.2 Å². The van der Waals surface area contributed by atoms with Crippen molar-refractivity contribution < 1.29 is 14.6 Å². The van der Waals surface area contributed by atoms with Gasteiger partial charge in [-0.3, -0.25) is 4.79 Å². The summed E-state index contributed by atoms with van der Waals surface area (Å²) in [4.78, 5) is 13.5. The van der Waals surface area contributed by atoms with E-state index in [4.69, 9.17) is 4.74 Å². The maximum absolute atomic E-state index is 11.9.